The zero-order valence-corrected chi connectivity index (χ0v) is 15.9. The highest BCUT2D eigenvalue weighted by Crippen LogP contribution is 2.28. The quantitative estimate of drug-likeness (QED) is 0.502. The molecule has 0 aliphatic carbocycles. The van der Waals surface area contributed by atoms with Crippen LogP contribution in [0.1, 0.15) is 16.7 Å². The van der Waals surface area contributed by atoms with Gasteiger partial charge in [0.15, 0.2) is 5.82 Å². The van der Waals surface area contributed by atoms with Crippen molar-refractivity contribution >= 4 is 27.6 Å². The number of aryl methyl sites for hydroxylation is 3. The summed E-state index contributed by atoms with van der Waals surface area (Å²) in [5, 5.41) is 10.9. The van der Waals surface area contributed by atoms with Gasteiger partial charge < -0.3 is 15.6 Å². The van der Waals surface area contributed by atoms with E-state index < -0.39 is 0 Å². The number of benzene rings is 2. The number of anilines is 1. The van der Waals surface area contributed by atoms with Crippen molar-refractivity contribution in [3.63, 3.8) is 0 Å². The van der Waals surface area contributed by atoms with Gasteiger partial charge in [0, 0.05) is 17.0 Å². The average Bonchev–Trinajstić information content (AvgIpc) is 2.71. The molecule has 3 N–H and O–H groups in total. The molecule has 0 unspecified atom stereocenters. The minimum Gasteiger partial charge on any atom is -0.491 e. The first-order valence-electron chi connectivity index (χ1n) is 9.41. The van der Waals surface area contributed by atoms with Crippen molar-refractivity contribution in [3.8, 4) is 5.75 Å². The number of nitrogens with two attached hydrogens (primary N) is 1. The summed E-state index contributed by atoms with van der Waals surface area (Å²) < 4.78 is 5.40. The molecule has 28 heavy (non-hydrogen) atoms. The highest BCUT2D eigenvalue weighted by molar-refractivity contribution is 6.08. The van der Waals surface area contributed by atoms with Gasteiger partial charge in [-0.05, 0) is 60.7 Å². The van der Waals surface area contributed by atoms with E-state index >= 15 is 0 Å². The van der Waals surface area contributed by atoms with E-state index in [1.165, 1.54) is 11.1 Å². The standard InChI is InChI=1S/C23H23N3O2/c1-15-2-9-19-20-13-17(14-25-22(20)23(24)26-21(19)12-15)4-3-16-5-7-18(8-6-16)28-11-10-27/h2,5-9,12-14,27H,3-4,10-11H2,1H3,(H2,24,26). The summed E-state index contributed by atoms with van der Waals surface area (Å²) in [6.45, 7) is 2.38. The maximum absolute atomic E-state index is 8.82. The summed E-state index contributed by atoms with van der Waals surface area (Å²) >= 11 is 0. The predicted octanol–water partition coefficient (Wildman–Crippen LogP) is 3.83. The summed E-state index contributed by atoms with van der Waals surface area (Å²) in [6, 6.07) is 16.4. The third-order valence-electron chi connectivity index (χ3n) is 4.86. The molecule has 5 nitrogen and oxygen atoms in total. The molecule has 4 rings (SSSR count). The number of nitrogens with zero attached hydrogens (tertiary/aromatic N) is 2. The highest BCUT2D eigenvalue weighted by Gasteiger charge is 2.09. The Bertz CT molecular complexity index is 1120. The lowest BCUT2D eigenvalue weighted by molar-refractivity contribution is 0.201. The lowest BCUT2D eigenvalue weighted by Gasteiger charge is -2.09. The van der Waals surface area contributed by atoms with Crippen molar-refractivity contribution in [1.82, 2.24) is 9.97 Å². The second-order valence-electron chi connectivity index (χ2n) is 6.97. The molecule has 0 saturated carbocycles. The summed E-state index contributed by atoms with van der Waals surface area (Å²) in [4.78, 5) is 9.09. The van der Waals surface area contributed by atoms with E-state index in [9.17, 15) is 0 Å². The minimum atomic E-state index is 0.0188. The summed E-state index contributed by atoms with van der Waals surface area (Å²) in [7, 11) is 0. The van der Waals surface area contributed by atoms with E-state index in [0.29, 0.717) is 12.4 Å². The first kappa shape index (κ1) is 18.2. The second-order valence-corrected chi connectivity index (χ2v) is 6.97. The number of rotatable bonds is 6. The molecule has 0 amide bonds. The fourth-order valence-corrected chi connectivity index (χ4v) is 3.40. The van der Waals surface area contributed by atoms with Gasteiger partial charge in [0.05, 0.1) is 12.1 Å². The number of nitrogen functional groups attached to an aromatic ring is 1. The summed E-state index contributed by atoms with van der Waals surface area (Å²) in [5.41, 5.74) is 11.4. The largest absolute Gasteiger partial charge is 0.491 e. The average molecular weight is 373 g/mol. The van der Waals surface area contributed by atoms with Crippen molar-refractivity contribution < 1.29 is 9.84 Å². The van der Waals surface area contributed by atoms with Crippen molar-refractivity contribution in [3.05, 3.63) is 71.4 Å². The molecule has 0 aliphatic rings. The first-order chi connectivity index (χ1) is 13.6. The lowest BCUT2D eigenvalue weighted by Crippen LogP contribution is -2.01. The van der Waals surface area contributed by atoms with Gasteiger partial charge in [0.2, 0.25) is 0 Å². The van der Waals surface area contributed by atoms with Crippen LogP contribution >= 0.6 is 0 Å². The zero-order chi connectivity index (χ0) is 19.5. The molecule has 5 heteroatoms. The van der Waals surface area contributed by atoms with Gasteiger partial charge >= 0.3 is 0 Å². The number of pyridine rings is 2. The molecule has 0 fully saturated rings. The Morgan fingerprint density at radius 1 is 0.964 bits per heavy atom. The topological polar surface area (TPSA) is 81.3 Å². The number of fused-ring (bicyclic) bond motifs is 3. The van der Waals surface area contributed by atoms with E-state index in [1.807, 2.05) is 18.3 Å². The SMILES string of the molecule is Cc1ccc2c(c1)nc(N)c1ncc(CCc3ccc(OCCO)cc3)cc12. The predicted molar refractivity (Wildman–Crippen MR) is 113 cm³/mol. The fourth-order valence-electron chi connectivity index (χ4n) is 3.40. The second kappa shape index (κ2) is 7.82. The lowest BCUT2D eigenvalue weighted by atomic mass is 10.0. The van der Waals surface area contributed by atoms with Crippen LogP contribution in [0.2, 0.25) is 0 Å². The molecule has 0 atom stereocenters. The van der Waals surface area contributed by atoms with E-state index in [0.717, 1.165) is 46.0 Å². The van der Waals surface area contributed by atoms with Crippen LogP contribution in [0.25, 0.3) is 21.8 Å². The molecular weight excluding hydrogens is 350 g/mol. The molecule has 142 valence electrons. The van der Waals surface area contributed by atoms with Crippen LogP contribution in [0, 0.1) is 6.92 Å². The fraction of sp³-hybridized carbons (Fsp3) is 0.217. The molecule has 0 aliphatic heterocycles. The summed E-state index contributed by atoms with van der Waals surface area (Å²) in [5.74, 6) is 1.24. The smallest absolute Gasteiger partial charge is 0.150 e. The van der Waals surface area contributed by atoms with Crippen molar-refractivity contribution in [2.45, 2.75) is 19.8 Å². The Labute approximate surface area is 163 Å². The molecule has 0 radical (unpaired) electrons. The van der Waals surface area contributed by atoms with Crippen LogP contribution in [-0.4, -0.2) is 28.3 Å². The van der Waals surface area contributed by atoms with E-state index in [2.05, 4.69) is 53.3 Å². The number of aromatic nitrogens is 2. The van der Waals surface area contributed by atoms with Crippen LogP contribution in [0.15, 0.2) is 54.7 Å². The molecule has 0 saturated heterocycles. The number of aliphatic hydroxyl groups is 1. The van der Waals surface area contributed by atoms with Gasteiger partial charge in [-0.25, -0.2) is 4.98 Å². The molecule has 2 heterocycles. The Morgan fingerprint density at radius 3 is 2.54 bits per heavy atom. The van der Waals surface area contributed by atoms with Gasteiger partial charge in [-0.2, -0.15) is 0 Å². The molecule has 4 aromatic rings. The van der Waals surface area contributed by atoms with Crippen LogP contribution in [0.3, 0.4) is 0 Å². The molecular formula is C23H23N3O2. The van der Waals surface area contributed by atoms with Crippen LogP contribution in [0.5, 0.6) is 5.75 Å². The number of ether oxygens (including phenoxy) is 1. The molecule has 0 spiro atoms. The maximum atomic E-state index is 8.82. The Hall–Kier alpha value is -3.18. The normalized spacial score (nSPS) is 11.2. The molecule has 0 bridgehead atoms. The molecule has 2 aromatic carbocycles. The van der Waals surface area contributed by atoms with Gasteiger partial charge in [-0.15, -0.1) is 0 Å². The van der Waals surface area contributed by atoms with Crippen LogP contribution in [-0.2, 0) is 12.8 Å². The van der Waals surface area contributed by atoms with Crippen molar-refractivity contribution in [1.29, 1.82) is 0 Å². The third-order valence-corrected chi connectivity index (χ3v) is 4.86. The molecule has 2 aromatic heterocycles. The monoisotopic (exact) mass is 373 g/mol. The Balaban J connectivity index is 1.58. The number of aliphatic hydroxyl groups excluding tert-OH is 1. The van der Waals surface area contributed by atoms with Gasteiger partial charge in [-0.1, -0.05) is 24.3 Å². The first-order valence-corrected chi connectivity index (χ1v) is 9.41. The number of hydrogen-bond donors (Lipinski definition) is 2. The maximum Gasteiger partial charge on any atom is 0.150 e. The summed E-state index contributed by atoms with van der Waals surface area (Å²) in [6.07, 6.45) is 3.68. The van der Waals surface area contributed by atoms with E-state index in [4.69, 9.17) is 15.6 Å². The van der Waals surface area contributed by atoms with Gasteiger partial charge in [0.25, 0.3) is 0 Å². The minimum absolute atomic E-state index is 0.0188. The van der Waals surface area contributed by atoms with Crippen LogP contribution < -0.4 is 10.5 Å². The zero-order valence-electron chi connectivity index (χ0n) is 15.9. The number of hydrogen-bond acceptors (Lipinski definition) is 5. The van der Waals surface area contributed by atoms with E-state index in [-0.39, 0.29) is 6.61 Å². The van der Waals surface area contributed by atoms with Crippen molar-refractivity contribution in [2.24, 2.45) is 0 Å². The Morgan fingerprint density at radius 2 is 1.75 bits per heavy atom. The van der Waals surface area contributed by atoms with Gasteiger partial charge in [-0.3, -0.25) is 4.98 Å². The van der Waals surface area contributed by atoms with Gasteiger partial charge in [0.1, 0.15) is 17.9 Å². The third kappa shape index (κ3) is 3.75. The van der Waals surface area contributed by atoms with Crippen molar-refractivity contribution in [2.75, 3.05) is 18.9 Å². The highest BCUT2D eigenvalue weighted by atomic mass is 16.5. The van der Waals surface area contributed by atoms with E-state index in [1.54, 1.807) is 0 Å². The Kier molecular flexibility index (Phi) is 5.08. The van der Waals surface area contributed by atoms with Crippen LogP contribution in [0.4, 0.5) is 5.82 Å².